The summed E-state index contributed by atoms with van der Waals surface area (Å²) in [7, 11) is 0. The first-order valence-electron chi connectivity index (χ1n) is 6.03. The lowest BCUT2D eigenvalue weighted by Gasteiger charge is -2.10. The highest BCUT2D eigenvalue weighted by atomic mass is 16.3. The Bertz CT molecular complexity index is 615. The van der Waals surface area contributed by atoms with Crippen LogP contribution in [0.3, 0.4) is 0 Å². The van der Waals surface area contributed by atoms with Crippen molar-refractivity contribution < 1.29 is 15.0 Å². The van der Waals surface area contributed by atoms with Crippen LogP contribution < -0.4 is 0 Å². The largest absolute Gasteiger partial charge is 0.504 e. The van der Waals surface area contributed by atoms with Crippen molar-refractivity contribution in [2.45, 2.75) is 26.7 Å². The first-order chi connectivity index (χ1) is 8.54. The summed E-state index contributed by atoms with van der Waals surface area (Å²) >= 11 is 0. The summed E-state index contributed by atoms with van der Waals surface area (Å²) in [6.45, 7) is 3.57. The van der Waals surface area contributed by atoms with E-state index in [1.54, 1.807) is 6.07 Å². The minimum absolute atomic E-state index is 0.0480. The number of carbonyl (C=O) groups is 1. The molecule has 18 heavy (non-hydrogen) atoms. The molecule has 3 nitrogen and oxygen atoms in total. The van der Waals surface area contributed by atoms with Gasteiger partial charge in [0.2, 0.25) is 0 Å². The van der Waals surface area contributed by atoms with Gasteiger partial charge in [0.05, 0.1) is 0 Å². The molecule has 94 valence electrons. The second kappa shape index (κ2) is 4.69. The van der Waals surface area contributed by atoms with Gasteiger partial charge in [-0.15, -0.1) is 0 Å². The first kappa shape index (κ1) is 12.4. The average Bonchev–Trinajstić information content (AvgIpc) is 2.31. The summed E-state index contributed by atoms with van der Waals surface area (Å²) in [5.41, 5.74) is 1.65. The van der Waals surface area contributed by atoms with Crippen molar-refractivity contribution in [3.8, 4) is 11.5 Å². The van der Waals surface area contributed by atoms with E-state index in [2.05, 4.69) is 6.92 Å². The molecule has 0 unspecified atom stereocenters. The summed E-state index contributed by atoms with van der Waals surface area (Å²) in [5, 5.41) is 20.7. The van der Waals surface area contributed by atoms with Crippen molar-refractivity contribution in [1.29, 1.82) is 0 Å². The van der Waals surface area contributed by atoms with Crippen LogP contribution in [0.5, 0.6) is 11.5 Å². The number of aryl methyl sites for hydroxylation is 1. The van der Waals surface area contributed by atoms with E-state index in [4.69, 9.17) is 0 Å². The summed E-state index contributed by atoms with van der Waals surface area (Å²) in [6.07, 6.45) is 1.86. The fraction of sp³-hybridized carbons (Fsp3) is 0.267. The van der Waals surface area contributed by atoms with E-state index in [1.807, 2.05) is 6.07 Å². The van der Waals surface area contributed by atoms with Gasteiger partial charge in [-0.1, -0.05) is 25.5 Å². The third-order valence-electron chi connectivity index (χ3n) is 3.10. The van der Waals surface area contributed by atoms with Crippen LogP contribution in [0.25, 0.3) is 10.8 Å². The molecule has 0 heterocycles. The topological polar surface area (TPSA) is 57.5 Å². The molecule has 3 heteroatoms. The molecule has 0 radical (unpaired) electrons. The molecule has 0 aromatic heterocycles. The highest BCUT2D eigenvalue weighted by Crippen LogP contribution is 2.34. The van der Waals surface area contributed by atoms with Gasteiger partial charge in [0.1, 0.15) is 0 Å². The molecule has 0 fully saturated rings. The number of aromatic hydroxyl groups is 2. The van der Waals surface area contributed by atoms with Crippen molar-refractivity contribution in [3.05, 3.63) is 35.4 Å². The van der Waals surface area contributed by atoms with Crippen LogP contribution in [0.15, 0.2) is 24.3 Å². The number of phenolic OH excluding ortho intramolecular Hbond substituents is 2. The van der Waals surface area contributed by atoms with E-state index < -0.39 is 0 Å². The average molecular weight is 244 g/mol. The van der Waals surface area contributed by atoms with Gasteiger partial charge in [0.15, 0.2) is 17.3 Å². The van der Waals surface area contributed by atoms with Gasteiger partial charge in [0, 0.05) is 5.56 Å². The lowest BCUT2D eigenvalue weighted by Crippen LogP contribution is -1.96. The van der Waals surface area contributed by atoms with Gasteiger partial charge in [-0.25, -0.2) is 0 Å². The zero-order valence-electron chi connectivity index (χ0n) is 10.5. The molecule has 0 atom stereocenters. The number of hydrogen-bond acceptors (Lipinski definition) is 3. The molecule has 0 saturated carbocycles. The molecule has 0 bridgehead atoms. The number of fused-ring (bicyclic) bond motifs is 1. The molecule has 0 amide bonds. The van der Waals surface area contributed by atoms with Gasteiger partial charge >= 0.3 is 0 Å². The Hall–Kier alpha value is -2.03. The monoisotopic (exact) mass is 244 g/mol. The minimum Gasteiger partial charge on any atom is -0.504 e. The smallest absolute Gasteiger partial charge is 0.160 e. The molecule has 0 saturated heterocycles. The van der Waals surface area contributed by atoms with Crippen LogP contribution >= 0.6 is 0 Å². The predicted molar refractivity (Wildman–Crippen MR) is 71.3 cm³/mol. The highest BCUT2D eigenvalue weighted by Gasteiger charge is 2.12. The van der Waals surface area contributed by atoms with Crippen LogP contribution in [-0.2, 0) is 6.42 Å². The zero-order valence-corrected chi connectivity index (χ0v) is 10.5. The first-order valence-corrected chi connectivity index (χ1v) is 6.03. The Morgan fingerprint density at radius 1 is 1.11 bits per heavy atom. The molecule has 2 aromatic rings. The van der Waals surface area contributed by atoms with E-state index in [9.17, 15) is 15.0 Å². The van der Waals surface area contributed by atoms with Gasteiger partial charge < -0.3 is 10.2 Å². The number of carbonyl (C=O) groups excluding carboxylic acids is 1. The molecular weight excluding hydrogens is 228 g/mol. The van der Waals surface area contributed by atoms with Crippen LogP contribution in [0.4, 0.5) is 0 Å². The fourth-order valence-electron chi connectivity index (χ4n) is 2.22. The van der Waals surface area contributed by atoms with Crippen LogP contribution in [0, 0.1) is 0 Å². The van der Waals surface area contributed by atoms with Gasteiger partial charge in [-0.3, -0.25) is 4.79 Å². The predicted octanol–water partition coefficient (Wildman–Crippen LogP) is 3.41. The Kier molecular flexibility index (Phi) is 3.24. The van der Waals surface area contributed by atoms with Crippen LogP contribution in [0.1, 0.15) is 36.2 Å². The summed E-state index contributed by atoms with van der Waals surface area (Å²) < 4.78 is 0. The van der Waals surface area contributed by atoms with Crippen molar-refractivity contribution in [3.63, 3.8) is 0 Å². The molecular formula is C15H16O3. The quantitative estimate of drug-likeness (QED) is 0.642. The lowest BCUT2D eigenvalue weighted by atomic mass is 9.95. The maximum absolute atomic E-state index is 11.6. The third-order valence-corrected chi connectivity index (χ3v) is 3.10. The standard InChI is InChI=1S/C15H16O3/c1-3-4-10-5-6-11(9(2)16)13-8-15(18)14(17)7-12(10)13/h5-8,17-18H,3-4H2,1-2H3. The molecule has 2 N–H and O–H groups in total. The fourth-order valence-corrected chi connectivity index (χ4v) is 2.22. The number of ketones is 1. The van der Waals surface area contributed by atoms with Gasteiger partial charge in [-0.05, 0) is 41.8 Å². The van der Waals surface area contributed by atoms with E-state index in [1.165, 1.54) is 19.1 Å². The Morgan fingerprint density at radius 2 is 1.72 bits per heavy atom. The maximum Gasteiger partial charge on any atom is 0.160 e. The maximum atomic E-state index is 11.6. The molecule has 2 rings (SSSR count). The van der Waals surface area contributed by atoms with E-state index >= 15 is 0 Å². The van der Waals surface area contributed by atoms with Crippen molar-refractivity contribution in [1.82, 2.24) is 0 Å². The van der Waals surface area contributed by atoms with Crippen molar-refractivity contribution in [2.75, 3.05) is 0 Å². The highest BCUT2D eigenvalue weighted by molar-refractivity contribution is 6.08. The molecule has 2 aromatic carbocycles. The molecule has 0 aliphatic carbocycles. The number of phenols is 2. The van der Waals surface area contributed by atoms with E-state index in [-0.39, 0.29) is 17.3 Å². The van der Waals surface area contributed by atoms with Crippen molar-refractivity contribution >= 4 is 16.6 Å². The molecule has 0 aliphatic rings. The number of rotatable bonds is 3. The van der Waals surface area contributed by atoms with Gasteiger partial charge in [0.25, 0.3) is 0 Å². The summed E-state index contributed by atoms with van der Waals surface area (Å²) in [5.74, 6) is -0.396. The molecule has 0 aliphatic heterocycles. The van der Waals surface area contributed by atoms with Crippen LogP contribution in [-0.4, -0.2) is 16.0 Å². The number of benzene rings is 2. The summed E-state index contributed by atoms with van der Waals surface area (Å²) in [6, 6.07) is 6.69. The second-order valence-corrected chi connectivity index (χ2v) is 4.46. The van der Waals surface area contributed by atoms with Gasteiger partial charge in [-0.2, -0.15) is 0 Å². The lowest BCUT2D eigenvalue weighted by molar-refractivity contribution is 0.101. The third kappa shape index (κ3) is 2.04. The number of Topliss-reactive ketones (excluding diaryl/α,β-unsaturated/α-hetero) is 1. The normalized spacial score (nSPS) is 10.8. The van der Waals surface area contributed by atoms with E-state index in [0.29, 0.717) is 10.9 Å². The Balaban J connectivity index is 2.81. The van der Waals surface area contributed by atoms with Crippen LogP contribution in [0.2, 0.25) is 0 Å². The second-order valence-electron chi connectivity index (χ2n) is 4.46. The zero-order chi connectivity index (χ0) is 13.3. The number of hydrogen-bond donors (Lipinski definition) is 2. The Labute approximate surface area is 106 Å². The SMILES string of the molecule is CCCc1ccc(C(C)=O)c2cc(O)c(O)cc12. The van der Waals surface area contributed by atoms with Crippen molar-refractivity contribution in [2.24, 2.45) is 0 Å². The van der Waals surface area contributed by atoms with E-state index in [0.717, 1.165) is 23.8 Å². The summed E-state index contributed by atoms with van der Waals surface area (Å²) in [4.78, 5) is 11.6. The Morgan fingerprint density at radius 3 is 2.28 bits per heavy atom. The minimum atomic E-state index is -0.196. The molecule has 0 spiro atoms.